The van der Waals surface area contributed by atoms with Crippen molar-refractivity contribution in [1.82, 2.24) is 9.88 Å². The van der Waals surface area contributed by atoms with Crippen molar-refractivity contribution < 1.29 is 19.4 Å². The first-order valence-corrected chi connectivity index (χ1v) is 8.92. The molecule has 0 unspecified atom stereocenters. The molecule has 2 aromatic rings. The summed E-state index contributed by atoms with van der Waals surface area (Å²) in [5.41, 5.74) is 1.51. The number of ether oxygens (including phenoxy) is 1. The van der Waals surface area contributed by atoms with E-state index in [0.717, 1.165) is 16.0 Å². The zero-order chi connectivity index (χ0) is 21.8. The number of hydrogen-bond acceptors (Lipinski definition) is 4. The Bertz CT molecular complexity index is 861. The number of esters is 1. The van der Waals surface area contributed by atoms with E-state index in [1.165, 1.54) is 0 Å². The molecule has 2 N–H and O–H groups in total. The molecule has 0 spiro atoms. The van der Waals surface area contributed by atoms with Gasteiger partial charge in [-0.2, -0.15) is 0 Å². The lowest BCUT2D eigenvalue weighted by Crippen LogP contribution is -2.64. The minimum absolute atomic E-state index is 0.0116. The molecule has 1 aromatic heterocycles. The van der Waals surface area contributed by atoms with Gasteiger partial charge in [0, 0.05) is 29.9 Å². The van der Waals surface area contributed by atoms with Crippen LogP contribution < -0.4 is 4.74 Å². The lowest BCUT2D eigenvalue weighted by Gasteiger charge is -2.48. The Morgan fingerprint density at radius 1 is 1.07 bits per heavy atom. The summed E-state index contributed by atoms with van der Waals surface area (Å²) >= 11 is 0. The lowest BCUT2D eigenvalue weighted by molar-refractivity contribution is -0.137. The number of carboxylic acids is 1. The number of nitrogens with zero attached hydrogens (tertiary/aromatic N) is 1. The molecule has 0 amide bonds. The van der Waals surface area contributed by atoms with Crippen LogP contribution in [-0.4, -0.2) is 91.0 Å². The number of carbonyl (C=O) groups excluding carboxylic acids is 1. The van der Waals surface area contributed by atoms with Gasteiger partial charge in [-0.3, -0.25) is 9.59 Å². The van der Waals surface area contributed by atoms with E-state index in [0.29, 0.717) is 17.6 Å². The van der Waals surface area contributed by atoms with Gasteiger partial charge in [0.25, 0.3) is 0 Å². The molecule has 2 rings (SSSR count). The van der Waals surface area contributed by atoms with E-state index in [1.54, 1.807) is 18.3 Å². The number of H-pyrrole nitrogens is 1. The predicted molar refractivity (Wildman–Crippen MR) is 116 cm³/mol. The smallest absolute Gasteiger partial charge is 0.311 e. The van der Waals surface area contributed by atoms with Gasteiger partial charge in [0.15, 0.2) is 0 Å². The number of rotatable bonds is 10. The Hall–Kier alpha value is -1.95. The van der Waals surface area contributed by atoms with Crippen LogP contribution in [0.1, 0.15) is 24.8 Å². The normalized spacial score (nSPS) is 12.3. The molecule has 12 heteroatoms. The van der Waals surface area contributed by atoms with Gasteiger partial charge in [-0.25, -0.2) is 0 Å². The maximum atomic E-state index is 12.1. The molecule has 6 nitrogen and oxygen atoms in total. The van der Waals surface area contributed by atoms with E-state index in [9.17, 15) is 9.59 Å². The highest BCUT2D eigenvalue weighted by molar-refractivity contribution is 6.63. The third kappa shape index (κ3) is 6.53. The van der Waals surface area contributed by atoms with Crippen molar-refractivity contribution in [2.45, 2.75) is 36.2 Å². The number of nitrogens with one attached hydrogen (secondary N) is 1. The predicted octanol–water partition coefficient (Wildman–Crippen LogP) is -0.594. The molecular weight excluding hydrogens is 361 g/mol. The zero-order valence-electron chi connectivity index (χ0n) is 15.9. The number of fused-ring (bicyclic) bond motifs is 1. The molecule has 0 atom stereocenters. The Kier molecular flexibility index (Phi) is 7.44. The van der Waals surface area contributed by atoms with E-state index in [-0.39, 0.29) is 25.8 Å². The fraction of sp³-hybridized carbons (Fsp3) is 0.412. The highest BCUT2D eigenvalue weighted by Crippen LogP contribution is 2.30. The van der Waals surface area contributed by atoms with Gasteiger partial charge >= 0.3 is 11.9 Å². The van der Waals surface area contributed by atoms with Crippen LogP contribution in [0.25, 0.3) is 10.9 Å². The van der Waals surface area contributed by atoms with Crippen molar-refractivity contribution in [3.05, 3.63) is 30.0 Å². The van der Waals surface area contributed by atoms with Crippen LogP contribution >= 0.6 is 0 Å². The number of aromatic amines is 1. The highest BCUT2D eigenvalue weighted by Gasteiger charge is 2.28. The second-order valence-corrected chi connectivity index (χ2v) is 6.89. The summed E-state index contributed by atoms with van der Waals surface area (Å²) in [6.45, 7) is 0.126. The summed E-state index contributed by atoms with van der Waals surface area (Å²) in [5, 5.41) is 5.66. The molecule has 0 fully saturated rings. The number of benzene rings is 1. The van der Waals surface area contributed by atoms with Gasteiger partial charge in [-0.1, -0.05) is 16.5 Å². The van der Waals surface area contributed by atoms with Gasteiger partial charge in [0.05, 0.1) is 47.1 Å². The molecule has 0 aliphatic rings. The summed E-state index contributed by atoms with van der Waals surface area (Å²) in [6.07, 6.45) is 2.15. The average Bonchev–Trinajstić information content (AvgIpc) is 2.96. The maximum Gasteiger partial charge on any atom is 0.311 e. The first-order valence-electron chi connectivity index (χ1n) is 8.92. The van der Waals surface area contributed by atoms with Crippen LogP contribution in [0.3, 0.4) is 0 Å². The number of carboxylic acid groups (broad SMARTS) is 1. The van der Waals surface area contributed by atoms with Crippen molar-refractivity contribution in [1.29, 1.82) is 0 Å². The molecule has 1 aromatic carbocycles. The van der Waals surface area contributed by atoms with Crippen molar-refractivity contribution in [2.24, 2.45) is 0 Å². The SMILES string of the molecule is [B]C([B])([B])N(CCc1c[nH]c2cccc(OC(=O)CCCC(=O)O)c12)C([B])([B])[B]. The molecule has 0 saturated heterocycles. The largest absolute Gasteiger partial charge is 0.481 e. The molecule has 1 heterocycles. The maximum absolute atomic E-state index is 12.1. The summed E-state index contributed by atoms with van der Waals surface area (Å²) in [7, 11) is 34.2. The van der Waals surface area contributed by atoms with Crippen LogP contribution in [0.4, 0.5) is 0 Å². The molecule has 0 bridgehead atoms. The van der Waals surface area contributed by atoms with Crippen molar-refractivity contribution in [3.63, 3.8) is 0 Å². The van der Waals surface area contributed by atoms with Crippen LogP contribution in [0.5, 0.6) is 5.75 Å². The van der Waals surface area contributed by atoms with Crippen molar-refractivity contribution in [2.75, 3.05) is 6.54 Å². The average molecular weight is 377 g/mol. The van der Waals surface area contributed by atoms with Crippen LogP contribution in [0, 0.1) is 0 Å². The monoisotopic (exact) mass is 378 g/mol. The Morgan fingerprint density at radius 3 is 2.31 bits per heavy atom. The Labute approximate surface area is 178 Å². The zero-order valence-corrected chi connectivity index (χ0v) is 15.9. The molecule has 29 heavy (non-hydrogen) atoms. The number of carbonyl (C=O) groups is 2. The van der Waals surface area contributed by atoms with Gasteiger partial charge in [0.1, 0.15) is 5.75 Å². The highest BCUT2D eigenvalue weighted by atomic mass is 16.5. The van der Waals surface area contributed by atoms with Gasteiger partial charge < -0.3 is 19.7 Å². The van der Waals surface area contributed by atoms with Crippen LogP contribution in [0.2, 0.25) is 0 Å². The standard InChI is InChI=1S/C17H16B6N2O4/c18-16(19,20)25(17(21,22)23)8-7-10-9-24-11-3-1-4-12(15(10)11)29-14(28)6-2-5-13(26)27/h1,3-4,9,24H,2,5-8H2,(H,26,27). The first kappa shape index (κ1) is 23.3. The molecule has 0 aliphatic heterocycles. The lowest BCUT2D eigenvalue weighted by atomic mass is 9.40. The van der Waals surface area contributed by atoms with E-state index in [1.807, 2.05) is 6.07 Å². The third-order valence-electron chi connectivity index (χ3n) is 4.28. The Morgan fingerprint density at radius 2 is 1.72 bits per heavy atom. The minimum atomic E-state index is -1.84. The molecule has 0 saturated carbocycles. The number of hydrogen-bond donors (Lipinski definition) is 2. The summed E-state index contributed by atoms with van der Waals surface area (Å²) < 4.78 is 5.44. The second-order valence-electron chi connectivity index (χ2n) is 6.89. The fourth-order valence-corrected chi connectivity index (χ4v) is 3.01. The molecular formula is C17H16B6N2O4. The van der Waals surface area contributed by atoms with Gasteiger partial charge in [-0.05, 0) is 37.1 Å². The summed E-state index contributed by atoms with van der Waals surface area (Å²) in [5.74, 6) is -1.16. The van der Waals surface area contributed by atoms with Crippen LogP contribution in [-0.2, 0) is 16.0 Å². The van der Waals surface area contributed by atoms with Gasteiger partial charge in [-0.15, -0.1) is 0 Å². The van der Waals surface area contributed by atoms with Crippen molar-refractivity contribution in [3.8, 4) is 5.75 Å². The second kappa shape index (κ2) is 9.24. The van der Waals surface area contributed by atoms with E-state index >= 15 is 0 Å². The van der Waals surface area contributed by atoms with Crippen molar-refractivity contribution >= 4 is 69.9 Å². The van der Waals surface area contributed by atoms with E-state index < -0.39 is 22.4 Å². The number of aliphatic carboxylic acids is 1. The van der Waals surface area contributed by atoms with Gasteiger partial charge in [0.2, 0.25) is 0 Å². The fourth-order valence-electron chi connectivity index (χ4n) is 3.01. The quantitative estimate of drug-likeness (QED) is 0.329. The third-order valence-corrected chi connectivity index (χ3v) is 4.28. The van der Waals surface area contributed by atoms with E-state index in [2.05, 4.69) is 4.98 Å². The van der Waals surface area contributed by atoms with Crippen LogP contribution in [0.15, 0.2) is 24.4 Å². The molecule has 136 valence electrons. The Balaban J connectivity index is 2.19. The summed E-state index contributed by atoms with van der Waals surface area (Å²) in [4.78, 5) is 26.9. The topological polar surface area (TPSA) is 82.6 Å². The molecule has 12 radical (unpaired) electrons. The molecule has 0 aliphatic carbocycles. The van der Waals surface area contributed by atoms with E-state index in [4.69, 9.17) is 56.9 Å². The first-order chi connectivity index (χ1) is 13.4. The minimum Gasteiger partial charge on any atom is -0.481 e. The number of aromatic nitrogens is 1. The summed E-state index contributed by atoms with van der Waals surface area (Å²) in [6, 6.07) is 5.19.